The fourth-order valence-corrected chi connectivity index (χ4v) is 2.79. The summed E-state index contributed by atoms with van der Waals surface area (Å²) in [5.41, 5.74) is 0.493. The van der Waals surface area contributed by atoms with E-state index < -0.39 is 0 Å². The maximum Gasteiger partial charge on any atom is 0.256 e. The van der Waals surface area contributed by atoms with Crippen molar-refractivity contribution >= 4 is 39.3 Å². The second kappa shape index (κ2) is 7.96. The van der Waals surface area contributed by atoms with Crippen molar-refractivity contribution in [2.75, 3.05) is 18.5 Å². The van der Waals surface area contributed by atoms with Gasteiger partial charge in [0, 0.05) is 22.8 Å². The summed E-state index contributed by atoms with van der Waals surface area (Å²) in [5, 5.41) is 3.22. The Bertz CT molecular complexity index is 736. The van der Waals surface area contributed by atoms with E-state index in [0.29, 0.717) is 33.2 Å². The first-order valence-corrected chi connectivity index (χ1v) is 8.76. The molecule has 1 N–H and O–H groups in total. The van der Waals surface area contributed by atoms with E-state index in [0.717, 1.165) is 19.4 Å². The van der Waals surface area contributed by atoms with Gasteiger partial charge in [0.2, 0.25) is 0 Å². The predicted molar refractivity (Wildman–Crippen MR) is 95.8 cm³/mol. The number of hydrogen-bond donors (Lipinski definition) is 1. The third-order valence-corrected chi connectivity index (χ3v) is 4.79. The van der Waals surface area contributed by atoms with Gasteiger partial charge >= 0.3 is 0 Å². The van der Waals surface area contributed by atoms with Crippen molar-refractivity contribution in [2.45, 2.75) is 18.9 Å². The molecule has 1 atom stereocenters. The van der Waals surface area contributed by atoms with E-state index in [1.807, 2.05) is 6.07 Å². The zero-order valence-electron chi connectivity index (χ0n) is 12.8. The quantitative estimate of drug-likeness (QED) is 0.796. The summed E-state index contributed by atoms with van der Waals surface area (Å²) in [6.45, 7) is 1.29. The van der Waals surface area contributed by atoms with Crippen LogP contribution < -0.4 is 10.1 Å². The molecule has 1 aromatic heterocycles. The Balaban J connectivity index is 1.63. The van der Waals surface area contributed by atoms with E-state index in [4.69, 9.17) is 21.1 Å². The normalized spacial score (nSPS) is 16.8. The number of amides is 1. The molecule has 1 aromatic carbocycles. The second-order valence-corrected chi connectivity index (χ2v) is 6.67. The molecular weight excluding hydrogens is 396 g/mol. The van der Waals surface area contributed by atoms with Crippen LogP contribution in [0.25, 0.3) is 0 Å². The fraction of sp³-hybridized carbons (Fsp3) is 0.294. The Hall–Kier alpha value is -1.63. The van der Waals surface area contributed by atoms with Gasteiger partial charge in [0.1, 0.15) is 18.2 Å². The molecule has 0 spiro atoms. The highest BCUT2D eigenvalue weighted by Crippen LogP contribution is 2.24. The van der Waals surface area contributed by atoms with E-state index in [1.165, 1.54) is 6.20 Å². The Morgan fingerprint density at radius 2 is 2.33 bits per heavy atom. The maximum atomic E-state index is 12.3. The Kier molecular flexibility index (Phi) is 5.71. The molecule has 2 heterocycles. The van der Waals surface area contributed by atoms with Crippen LogP contribution >= 0.6 is 27.5 Å². The molecule has 126 valence electrons. The molecule has 7 heteroatoms. The van der Waals surface area contributed by atoms with Crippen LogP contribution in [-0.2, 0) is 4.74 Å². The third kappa shape index (κ3) is 4.47. The highest BCUT2D eigenvalue weighted by atomic mass is 79.9. The number of rotatable bonds is 5. The van der Waals surface area contributed by atoms with E-state index >= 15 is 0 Å². The smallest absolute Gasteiger partial charge is 0.256 e. The van der Waals surface area contributed by atoms with Crippen molar-refractivity contribution in [3.63, 3.8) is 0 Å². The molecule has 1 aliphatic heterocycles. The number of pyridine rings is 1. The average Bonchev–Trinajstić information content (AvgIpc) is 3.10. The Labute approximate surface area is 153 Å². The molecule has 1 amide bonds. The molecule has 3 rings (SSSR count). The van der Waals surface area contributed by atoms with Gasteiger partial charge in [0.15, 0.2) is 0 Å². The number of carbonyl (C=O) groups is 1. The summed E-state index contributed by atoms with van der Waals surface area (Å²) in [6.07, 6.45) is 3.69. The molecule has 24 heavy (non-hydrogen) atoms. The zero-order valence-corrected chi connectivity index (χ0v) is 15.1. The summed E-state index contributed by atoms with van der Waals surface area (Å²) in [4.78, 5) is 16.4. The summed E-state index contributed by atoms with van der Waals surface area (Å²) in [6, 6.07) is 8.68. The zero-order chi connectivity index (χ0) is 16.9. The van der Waals surface area contributed by atoms with E-state index in [-0.39, 0.29) is 12.0 Å². The van der Waals surface area contributed by atoms with Crippen molar-refractivity contribution in [2.24, 2.45) is 0 Å². The lowest BCUT2D eigenvalue weighted by atomic mass is 10.2. The molecule has 5 nitrogen and oxygen atoms in total. The van der Waals surface area contributed by atoms with Crippen LogP contribution in [0.5, 0.6) is 5.75 Å². The van der Waals surface area contributed by atoms with Crippen LogP contribution in [0.1, 0.15) is 23.2 Å². The molecule has 2 aromatic rings. The SMILES string of the molecule is O=C(Nc1cc(Br)c(Cl)cn1)c1cccc(OC[C@H]2CCCO2)c1. The van der Waals surface area contributed by atoms with Gasteiger partial charge in [-0.05, 0) is 53.0 Å². The number of carbonyl (C=O) groups excluding carboxylic acids is 1. The van der Waals surface area contributed by atoms with Crippen LogP contribution in [0.2, 0.25) is 5.02 Å². The van der Waals surface area contributed by atoms with Gasteiger partial charge in [-0.1, -0.05) is 17.7 Å². The molecule has 1 aliphatic rings. The van der Waals surface area contributed by atoms with Gasteiger partial charge in [0.05, 0.1) is 11.1 Å². The number of halogens is 2. The first kappa shape index (κ1) is 17.2. The first-order valence-electron chi connectivity index (χ1n) is 7.58. The number of nitrogens with one attached hydrogen (secondary N) is 1. The topological polar surface area (TPSA) is 60.5 Å². The molecule has 0 unspecified atom stereocenters. The Morgan fingerprint density at radius 3 is 3.08 bits per heavy atom. The predicted octanol–water partition coefficient (Wildman–Crippen LogP) is 4.31. The molecule has 0 saturated carbocycles. The van der Waals surface area contributed by atoms with Crippen molar-refractivity contribution < 1.29 is 14.3 Å². The number of hydrogen-bond acceptors (Lipinski definition) is 4. The lowest BCUT2D eigenvalue weighted by molar-refractivity contribution is 0.0679. The number of ether oxygens (including phenoxy) is 2. The number of aromatic nitrogens is 1. The van der Waals surface area contributed by atoms with Crippen LogP contribution in [0.3, 0.4) is 0 Å². The van der Waals surface area contributed by atoms with E-state index in [9.17, 15) is 4.79 Å². The molecule has 1 fully saturated rings. The standard InChI is InChI=1S/C17H16BrClN2O3/c18-14-8-16(20-9-15(14)19)21-17(22)11-3-1-4-12(7-11)24-10-13-5-2-6-23-13/h1,3-4,7-9,13H,2,5-6,10H2,(H,20,21,22)/t13-/m1/s1. The van der Waals surface area contributed by atoms with Crippen LogP contribution in [-0.4, -0.2) is 30.2 Å². The van der Waals surface area contributed by atoms with Gasteiger partial charge in [-0.15, -0.1) is 0 Å². The Morgan fingerprint density at radius 1 is 1.46 bits per heavy atom. The summed E-state index contributed by atoms with van der Waals surface area (Å²) < 4.78 is 11.9. The van der Waals surface area contributed by atoms with Crippen molar-refractivity contribution in [3.05, 3.63) is 51.6 Å². The molecule has 0 bridgehead atoms. The number of anilines is 1. The van der Waals surface area contributed by atoms with Crippen LogP contribution in [0.15, 0.2) is 41.0 Å². The summed E-state index contributed by atoms with van der Waals surface area (Å²) in [7, 11) is 0. The third-order valence-electron chi connectivity index (χ3n) is 3.61. The maximum absolute atomic E-state index is 12.3. The van der Waals surface area contributed by atoms with Gasteiger partial charge in [-0.2, -0.15) is 0 Å². The highest BCUT2D eigenvalue weighted by molar-refractivity contribution is 9.10. The minimum Gasteiger partial charge on any atom is -0.491 e. The minimum absolute atomic E-state index is 0.137. The number of nitrogens with zero attached hydrogens (tertiary/aromatic N) is 1. The molecule has 0 radical (unpaired) electrons. The highest BCUT2D eigenvalue weighted by Gasteiger charge is 2.16. The molecule has 1 saturated heterocycles. The monoisotopic (exact) mass is 410 g/mol. The fourth-order valence-electron chi connectivity index (χ4n) is 2.36. The van der Waals surface area contributed by atoms with Crippen molar-refractivity contribution in [1.29, 1.82) is 0 Å². The van der Waals surface area contributed by atoms with Crippen molar-refractivity contribution in [3.8, 4) is 5.75 Å². The largest absolute Gasteiger partial charge is 0.491 e. The lowest BCUT2D eigenvalue weighted by Gasteiger charge is -2.12. The first-order chi connectivity index (χ1) is 11.6. The second-order valence-electron chi connectivity index (χ2n) is 5.41. The van der Waals surface area contributed by atoms with Crippen LogP contribution in [0.4, 0.5) is 5.82 Å². The summed E-state index contributed by atoms with van der Waals surface area (Å²) in [5.74, 6) is 0.796. The van der Waals surface area contributed by atoms with Gasteiger partial charge in [-0.25, -0.2) is 4.98 Å². The lowest BCUT2D eigenvalue weighted by Crippen LogP contribution is -2.17. The van der Waals surface area contributed by atoms with Crippen LogP contribution in [0, 0.1) is 0 Å². The van der Waals surface area contributed by atoms with Gasteiger partial charge in [0.25, 0.3) is 5.91 Å². The summed E-state index contributed by atoms with van der Waals surface area (Å²) >= 11 is 9.20. The van der Waals surface area contributed by atoms with E-state index in [2.05, 4.69) is 26.2 Å². The van der Waals surface area contributed by atoms with Crippen molar-refractivity contribution in [1.82, 2.24) is 4.98 Å². The van der Waals surface area contributed by atoms with Gasteiger partial charge in [-0.3, -0.25) is 4.79 Å². The molecule has 0 aliphatic carbocycles. The molecular formula is C17H16BrClN2O3. The van der Waals surface area contributed by atoms with E-state index in [1.54, 1.807) is 24.3 Å². The number of benzene rings is 1. The van der Waals surface area contributed by atoms with Gasteiger partial charge < -0.3 is 14.8 Å². The minimum atomic E-state index is -0.265. The average molecular weight is 412 g/mol.